The van der Waals surface area contributed by atoms with Crippen LogP contribution < -0.4 is 0 Å². The van der Waals surface area contributed by atoms with Gasteiger partial charge in [0.1, 0.15) is 5.78 Å². The predicted octanol–water partition coefficient (Wildman–Crippen LogP) is 8.89. The van der Waals surface area contributed by atoms with Gasteiger partial charge in [-0.05, 0) is 135 Å². The van der Waals surface area contributed by atoms with Crippen molar-refractivity contribution in [2.24, 2.45) is 0 Å². The molecular formula is C36H45F3O4Ru2S. The summed E-state index contributed by atoms with van der Waals surface area (Å²) in [4.78, 5) is 11.8. The second-order valence-corrected chi connectivity index (χ2v) is 12.4. The Balaban J connectivity index is 0. The first-order valence-electron chi connectivity index (χ1n) is 14.2. The number of hydrogen-bond donors (Lipinski definition) is 1. The van der Waals surface area contributed by atoms with Crippen molar-refractivity contribution in [3.63, 3.8) is 0 Å². The molecule has 0 atom stereocenters. The van der Waals surface area contributed by atoms with E-state index in [0.717, 1.165) is 11.8 Å². The average molecular weight is 833 g/mol. The molecule has 4 rings (SSSR count). The van der Waals surface area contributed by atoms with E-state index in [1.165, 1.54) is 59.2 Å². The minimum absolute atomic E-state index is 0. The molecule has 0 heterocycles. The summed E-state index contributed by atoms with van der Waals surface area (Å²) in [6.45, 7) is 22.0. The van der Waals surface area contributed by atoms with Crippen molar-refractivity contribution in [1.82, 2.24) is 0 Å². The van der Waals surface area contributed by atoms with Crippen LogP contribution >= 0.6 is 0 Å². The molecule has 0 aliphatic heterocycles. The van der Waals surface area contributed by atoms with Gasteiger partial charge in [0.25, 0.3) is 0 Å². The monoisotopic (exact) mass is 834 g/mol. The summed E-state index contributed by atoms with van der Waals surface area (Å²) < 4.78 is 57.5. The first-order valence-corrected chi connectivity index (χ1v) is 15.7. The molecule has 4 aliphatic rings. The van der Waals surface area contributed by atoms with Crippen molar-refractivity contribution < 1.29 is 69.9 Å². The van der Waals surface area contributed by atoms with E-state index in [9.17, 15) is 18.0 Å². The molecule has 1 N–H and O–H groups in total. The fourth-order valence-electron chi connectivity index (χ4n) is 4.52. The van der Waals surface area contributed by atoms with Crippen LogP contribution in [-0.4, -0.2) is 24.3 Å². The minimum Gasteiger partial charge on any atom is -0.300 e. The van der Waals surface area contributed by atoms with Gasteiger partial charge in [0.15, 0.2) is 0 Å². The SMILES string of the molecule is C[C]1[C](C)[C](C)[C](C)[C]1C.C[C]1[C](C)[C](C)[C](C)[C]1C.O=C(C[C]1[CH][CH][CH][CH][CH]1)C[C]1[CH][CH][CH][CH][CH]1.O=S(=O)(O)C(F)(F)F.[Ru].[Ru]. The van der Waals surface area contributed by atoms with Crippen molar-refractivity contribution in [2.75, 3.05) is 0 Å². The Kier molecular flexibility index (Phi) is 23.8. The van der Waals surface area contributed by atoms with Crippen molar-refractivity contribution in [1.29, 1.82) is 0 Å². The fourth-order valence-corrected chi connectivity index (χ4v) is 4.52. The summed E-state index contributed by atoms with van der Waals surface area (Å²) in [5.41, 5.74) is -5.53. The average Bonchev–Trinajstić information content (AvgIpc) is 3.23. The van der Waals surface area contributed by atoms with Crippen LogP contribution in [0.25, 0.3) is 0 Å². The van der Waals surface area contributed by atoms with E-state index < -0.39 is 15.6 Å². The molecule has 0 aromatic carbocycles. The van der Waals surface area contributed by atoms with E-state index >= 15 is 0 Å². The summed E-state index contributed by atoms with van der Waals surface area (Å²) in [6, 6.07) is 0. The third-order valence-electron chi connectivity index (χ3n) is 8.41. The van der Waals surface area contributed by atoms with E-state index in [4.69, 9.17) is 13.0 Å². The third kappa shape index (κ3) is 15.7. The molecular weight excluding hydrogens is 788 g/mol. The van der Waals surface area contributed by atoms with E-state index in [2.05, 4.69) is 69.2 Å². The van der Waals surface area contributed by atoms with E-state index in [1.807, 2.05) is 64.2 Å². The van der Waals surface area contributed by atoms with Crippen molar-refractivity contribution in [3.05, 3.63) is 135 Å². The Bertz CT molecular complexity index is 794. The van der Waals surface area contributed by atoms with Gasteiger partial charge in [-0.1, -0.05) is 69.2 Å². The molecule has 256 valence electrons. The number of halogens is 3. The maximum absolute atomic E-state index is 11.8. The fraction of sp³-hybridized carbons (Fsp3) is 0.361. The number of carbonyl (C=O) groups is 1. The van der Waals surface area contributed by atoms with E-state index in [-0.39, 0.29) is 44.7 Å². The first-order chi connectivity index (χ1) is 20.2. The van der Waals surface area contributed by atoms with Crippen LogP contribution in [0.2, 0.25) is 0 Å². The summed E-state index contributed by atoms with van der Waals surface area (Å²) in [5, 5.41) is 0. The van der Waals surface area contributed by atoms with Gasteiger partial charge < -0.3 is 0 Å². The van der Waals surface area contributed by atoms with Gasteiger partial charge in [-0.15, -0.1) is 0 Å². The quantitative estimate of drug-likeness (QED) is 0.175. The summed E-state index contributed by atoms with van der Waals surface area (Å²) in [5.74, 6) is 17.1. The topological polar surface area (TPSA) is 71.4 Å². The molecule has 4 fully saturated rings. The molecule has 4 aliphatic carbocycles. The molecule has 10 heteroatoms. The van der Waals surface area contributed by atoms with Crippen LogP contribution in [0.1, 0.15) is 82.1 Å². The second-order valence-electron chi connectivity index (χ2n) is 11.0. The number of rotatable bonds is 4. The van der Waals surface area contributed by atoms with Gasteiger partial charge >= 0.3 is 15.6 Å². The number of carbonyl (C=O) groups excluding carboxylic acids is 1. The molecule has 0 amide bonds. The number of hydrogen-bond acceptors (Lipinski definition) is 3. The number of ketones is 1. The molecule has 0 aromatic rings. The zero-order valence-electron chi connectivity index (χ0n) is 28.1. The largest absolute Gasteiger partial charge is 0.522 e. The van der Waals surface area contributed by atoms with Gasteiger partial charge in [0, 0.05) is 51.8 Å². The minimum atomic E-state index is -5.84. The molecule has 0 bridgehead atoms. The maximum atomic E-state index is 11.8. The van der Waals surface area contributed by atoms with Gasteiger partial charge in [-0.2, -0.15) is 21.6 Å². The van der Waals surface area contributed by atoms with Gasteiger partial charge in [-0.25, -0.2) is 0 Å². The molecule has 0 saturated heterocycles. The van der Waals surface area contributed by atoms with Crippen LogP contribution in [0.5, 0.6) is 0 Å². The van der Waals surface area contributed by atoms with Crippen molar-refractivity contribution in [2.45, 2.75) is 87.6 Å². The van der Waals surface area contributed by atoms with Gasteiger partial charge in [-0.3, -0.25) is 9.35 Å². The van der Waals surface area contributed by atoms with Crippen molar-refractivity contribution in [3.8, 4) is 0 Å². The Hall–Kier alpha value is 0.617. The van der Waals surface area contributed by atoms with Gasteiger partial charge in [0.2, 0.25) is 0 Å². The Morgan fingerprint density at radius 2 is 0.696 bits per heavy atom. The molecule has 0 spiro atoms. The van der Waals surface area contributed by atoms with Crippen LogP contribution in [-0.2, 0) is 53.9 Å². The zero-order valence-corrected chi connectivity index (χ0v) is 32.4. The molecule has 4 saturated carbocycles. The standard InChI is InChI=1S/C15H14O.2C10H15.CHF3O3S.2Ru/c16-15(11-13-7-3-1-4-8-13)12-14-9-5-2-6-10-14;2*1-6-7(2)9(4)10(5)8(6)3;2-1(3,4)8(5,6)7;;/h1-10H,11-12H2;2*1-5H3;(H,5,6,7);;. The van der Waals surface area contributed by atoms with Crippen LogP contribution in [0.15, 0.2) is 0 Å². The van der Waals surface area contributed by atoms with Crippen molar-refractivity contribution >= 4 is 15.9 Å². The summed E-state index contributed by atoms with van der Waals surface area (Å²) >= 11 is 0. The van der Waals surface area contributed by atoms with Crippen LogP contribution in [0.3, 0.4) is 0 Å². The Morgan fingerprint density at radius 3 is 0.848 bits per heavy atom. The predicted molar refractivity (Wildman–Crippen MR) is 171 cm³/mol. The first kappa shape index (κ1) is 48.7. The summed E-state index contributed by atoms with van der Waals surface area (Å²) in [7, 11) is -5.84. The Labute approximate surface area is 307 Å². The molecule has 46 heavy (non-hydrogen) atoms. The van der Waals surface area contributed by atoms with Crippen LogP contribution in [0.4, 0.5) is 13.2 Å². The zero-order chi connectivity index (χ0) is 34.0. The molecule has 0 unspecified atom stereocenters. The molecule has 22 radical (unpaired) electrons. The summed E-state index contributed by atoms with van der Waals surface area (Å²) in [6.07, 6.45) is 20.8. The Morgan fingerprint density at radius 1 is 0.522 bits per heavy atom. The van der Waals surface area contributed by atoms with E-state index in [0.29, 0.717) is 12.8 Å². The maximum Gasteiger partial charge on any atom is 0.522 e. The van der Waals surface area contributed by atoms with Gasteiger partial charge in [0.05, 0.1) is 0 Å². The second kappa shape index (κ2) is 22.4. The molecule has 0 aromatic heterocycles. The molecule has 4 nitrogen and oxygen atoms in total. The normalized spacial score (nSPS) is 23.3. The third-order valence-corrected chi connectivity index (χ3v) is 8.99. The number of alkyl halides is 3. The smallest absolute Gasteiger partial charge is 0.300 e. The van der Waals surface area contributed by atoms with E-state index in [1.54, 1.807) is 0 Å². The number of Topliss-reactive ketones (excluding diaryl/α,β-unsaturated/α-hetero) is 1. The van der Waals surface area contributed by atoms with Crippen LogP contribution in [0, 0.1) is 135 Å².